The molecule has 0 saturated heterocycles. The van der Waals surface area contributed by atoms with Gasteiger partial charge >= 0.3 is 37.9 Å². The van der Waals surface area contributed by atoms with E-state index in [0.29, 0.717) is 5.92 Å². The third-order valence-electron chi connectivity index (χ3n) is 3.74. The van der Waals surface area contributed by atoms with Gasteiger partial charge in [0.1, 0.15) is 0 Å². The summed E-state index contributed by atoms with van der Waals surface area (Å²) >= 11 is -0.826. The summed E-state index contributed by atoms with van der Waals surface area (Å²) in [5.41, 5.74) is 5.42. The van der Waals surface area contributed by atoms with E-state index in [-0.39, 0.29) is 0 Å². The van der Waals surface area contributed by atoms with Gasteiger partial charge in [-0.05, 0) is 11.5 Å². The van der Waals surface area contributed by atoms with Gasteiger partial charge < -0.3 is 0 Å². The summed E-state index contributed by atoms with van der Waals surface area (Å²) in [4.78, 5) is 0. The summed E-state index contributed by atoms with van der Waals surface area (Å²) in [7, 11) is 9.87. The molecule has 3 heteroatoms. The molecule has 0 nitrogen and oxygen atoms in total. The number of rotatable bonds is 2. The summed E-state index contributed by atoms with van der Waals surface area (Å²) in [6, 6.07) is 19.9. The number of benzene rings is 2. The van der Waals surface area contributed by atoms with Gasteiger partial charge in [0.15, 0.2) is 0 Å². The molecule has 0 radical (unpaired) electrons. The van der Waals surface area contributed by atoms with E-state index in [2.05, 4.69) is 75.4 Å². The summed E-state index contributed by atoms with van der Waals surface area (Å²) in [6.45, 7) is 6.68. The third-order valence-corrected chi connectivity index (χ3v) is 3.74. The Morgan fingerprint density at radius 1 is 1.00 bits per heavy atom. The standard InChI is InChI=1S/C19H19.2ClH.Zr/c1-13(2)16-11-17-9-14(3)10-18(17)19(12-16)15-7-5-4-6-8-15;;;/h4-13H,1-3H3;2*1H;/q-1;;;+2/p-2. The molecule has 3 aromatic carbocycles. The van der Waals surface area contributed by atoms with E-state index in [9.17, 15) is 0 Å². The van der Waals surface area contributed by atoms with Gasteiger partial charge in [-0.2, -0.15) is 6.07 Å². The Hall–Kier alpha value is -0.487. The molecule has 0 aromatic heterocycles. The first kappa shape index (κ1) is 17.9. The van der Waals surface area contributed by atoms with Crippen LogP contribution < -0.4 is 0 Å². The van der Waals surface area contributed by atoms with Crippen molar-refractivity contribution in [1.29, 1.82) is 0 Å². The van der Waals surface area contributed by atoms with Crippen molar-refractivity contribution in [1.82, 2.24) is 0 Å². The SMILES string of the molecule is Cc1cc2c(-c3ccccc3)cc(C(C)C)cc2[cH-]1.[Cl][Zr][Cl]. The first-order chi connectivity index (χ1) is 10.6. The summed E-state index contributed by atoms with van der Waals surface area (Å²) < 4.78 is 0. The van der Waals surface area contributed by atoms with Crippen LogP contribution in [0.15, 0.2) is 54.6 Å². The molecule has 0 bridgehead atoms. The van der Waals surface area contributed by atoms with Crippen LogP contribution in [0.5, 0.6) is 0 Å². The van der Waals surface area contributed by atoms with Crippen LogP contribution in [0, 0.1) is 6.92 Å². The van der Waals surface area contributed by atoms with Crippen LogP contribution >= 0.6 is 17.0 Å². The summed E-state index contributed by atoms with van der Waals surface area (Å²) in [5.74, 6) is 0.557. The molecule has 0 unspecified atom stereocenters. The quantitative estimate of drug-likeness (QED) is 0.399. The number of aryl methyl sites for hydroxylation is 1. The Morgan fingerprint density at radius 3 is 2.23 bits per heavy atom. The number of hydrogen-bond acceptors (Lipinski definition) is 0. The maximum absolute atomic E-state index is 4.93. The first-order valence-electron chi connectivity index (χ1n) is 7.29. The van der Waals surface area contributed by atoms with Crippen molar-refractivity contribution in [3.05, 3.63) is 65.7 Å². The zero-order valence-electron chi connectivity index (χ0n) is 13.0. The predicted molar refractivity (Wildman–Crippen MR) is 95.5 cm³/mol. The molecule has 0 saturated carbocycles. The van der Waals surface area contributed by atoms with E-state index < -0.39 is 20.8 Å². The molecule has 0 N–H and O–H groups in total. The first-order valence-corrected chi connectivity index (χ1v) is 13.6. The molecule has 114 valence electrons. The normalized spacial score (nSPS) is 10.5. The van der Waals surface area contributed by atoms with E-state index in [1.165, 1.54) is 33.0 Å². The van der Waals surface area contributed by atoms with Crippen LogP contribution in [0.2, 0.25) is 0 Å². The second kappa shape index (κ2) is 8.39. The molecule has 0 aliphatic rings. The van der Waals surface area contributed by atoms with Gasteiger partial charge in [0.25, 0.3) is 0 Å². The molecule has 0 atom stereocenters. The van der Waals surface area contributed by atoms with Gasteiger partial charge in [-0.3, -0.25) is 0 Å². The van der Waals surface area contributed by atoms with Crippen LogP contribution in [0.1, 0.15) is 30.9 Å². The molecule has 3 aromatic rings. The zero-order valence-corrected chi connectivity index (χ0v) is 17.0. The Morgan fingerprint density at radius 2 is 1.64 bits per heavy atom. The van der Waals surface area contributed by atoms with Crippen LogP contribution in [0.4, 0.5) is 0 Å². The minimum atomic E-state index is -0.826. The molecule has 0 aliphatic carbocycles. The van der Waals surface area contributed by atoms with E-state index >= 15 is 0 Å². The van der Waals surface area contributed by atoms with E-state index in [0.717, 1.165) is 0 Å². The van der Waals surface area contributed by atoms with Crippen molar-refractivity contribution in [3.63, 3.8) is 0 Å². The van der Waals surface area contributed by atoms with Crippen molar-refractivity contribution in [2.75, 3.05) is 0 Å². The number of halogens is 2. The van der Waals surface area contributed by atoms with Gasteiger partial charge in [-0.1, -0.05) is 68.3 Å². The van der Waals surface area contributed by atoms with Crippen molar-refractivity contribution in [2.45, 2.75) is 26.7 Å². The van der Waals surface area contributed by atoms with Crippen LogP contribution in [-0.4, -0.2) is 0 Å². The van der Waals surface area contributed by atoms with Gasteiger partial charge in [0, 0.05) is 0 Å². The molecular weight excluding hydrogens is 390 g/mol. The van der Waals surface area contributed by atoms with Crippen molar-refractivity contribution in [2.24, 2.45) is 0 Å². The fraction of sp³-hybridized carbons (Fsp3) is 0.211. The Bertz CT molecular complexity index is 730. The zero-order chi connectivity index (χ0) is 16.1. The Labute approximate surface area is 151 Å². The number of fused-ring (bicyclic) bond motifs is 1. The molecule has 22 heavy (non-hydrogen) atoms. The molecule has 3 rings (SSSR count). The molecule has 0 fully saturated rings. The van der Waals surface area contributed by atoms with Crippen molar-refractivity contribution < 1.29 is 20.8 Å². The van der Waals surface area contributed by atoms with Crippen LogP contribution in [0.25, 0.3) is 21.9 Å². The van der Waals surface area contributed by atoms with Gasteiger partial charge in [0.05, 0.1) is 0 Å². The second-order valence-corrected chi connectivity index (χ2v) is 9.43. The molecule has 0 heterocycles. The molecule has 0 aliphatic heterocycles. The Kier molecular flexibility index (Phi) is 6.81. The van der Waals surface area contributed by atoms with Crippen LogP contribution in [-0.2, 0) is 20.8 Å². The monoisotopic (exact) mass is 407 g/mol. The summed E-state index contributed by atoms with van der Waals surface area (Å²) in [5, 5.41) is 2.73. The van der Waals surface area contributed by atoms with Gasteiger partial charge in [-0.25, -0.2) is 0 Å². The minimum absolute atomic E-state index is 0.557. The topological polar surface area (TPSA) is 0 Å². The second-order valence-electron chi connectivity index (χ2n) is 5.70. The van der Waals surface area contributed by atoms with E-state index in [4.69, 9.17) is 17.0 Å². The molecule has 0 amide bonds. The predicted octanol–water partition coefficient (Wildman–Crippen LogP) is 7.03. The van der Waals surface area contributed by atoms with Gasteiger partial charge in [0.2, 0.25) is 0 Å². The summed E-state index contributed by atoms with van der Waals surface area (Å²) in [6.07, 6.45) is 0. The maximum atomic E-state index is 4.93. The molecule has 0 spiro atoms. The molecular formula is C19H19Cl2Zr-. The number of hydrogen-bond donors (Lipinski definition) is 0. The van der Waals surface area contributed by atoms with E-state index in [1.54, 1.807) is 0 Å². The van der Waals surface area contributed by atoms with Crippen LogP contribution in [0.3, 0.4) is 0 Å². The van der Waals surface area contributed by atoms with E-state index in [1.807, 2.05) is 0 Å². The van der Waals surface area contributed by atoms with Gasteiger partial charge in [-0.15, -0.1) is 28.5 Å². The average molecular weight is 409 g/mol. The van der Waals surface area contributed by atoms with Crippen molar-refractivity contribution >= 4 is 27.8 Å². The third kappa shape index (κ3) is 4.28. The average Bonchev–Trinajstić information content (AvgIpc) is 2.88. The van der Waals surface area contributed by atoms with Crippen molar-refractivity contribution in [3.8, 4) is 11.1 Å². The fourth-order valence-corrected chi connectivity index (χ4v) is 2.68. The fourth-order valence-electron chi connectivity index (χ4n) is 2.68. The Balaban J connectivity index is 0.000000545.